The predicted molar refractivity (Wildman–Crippen MR) is 70.3 cm³/mol. The number of aliphatic hydroxyl groups is 1. The van der Waals surface area contributed by atoms with Gasteiger partial charge >= 0.3 is 6.18 Å². The molecule has 1 rings (SSSR count). The van der Waals surface area contributed by atoms with Crippen LogP contribution >= 0.6 is 35.2 Å². The highest BCUT2D eigenvalue weighted by atomic mass is 35.5. The minimum Gasteiger partial charge on any atom is -0.373 e. The summed E-state index contributed by atoms with van der Waals surface area (Å²) in [6.07, 6.45) is -5.14. The predicted octanol–water partition coefficient (Wildman–Crippen LogP) is 3.81. The van der Waals surface area contributed by atoms with E-state index in [2.05, 4.69) is 0 Å². The molecule has 4 nitrogen and oxygen atoms in total. The molecular formula is C10H8Cl2F3NO3S. The number of halogens is 5. The monoisotopic (exact) mass is 349 g/mol. The topological polar surface area (TPSA) is 69.6 Å². The number of rotatable bonds is 3. The van der Waals surface area contributed by atoms with Gasteiger partial charge in [0.2, 0.25) is 5.60 Å². The van der Waals surface area contributed by atoms with Crippen molar-refractivity contribution in [3.8, 4) is 0 Å². The molecule has 1 atom stereocenters. The van der Waals surface area contributed by atoms with Crippen molar-refractivity contribution in [3.63, 3.8) is 0 Å². The molecule has 0 radical (unpaired) electrons. The molecule has 0 aliphatic heterocycles. The Morgan fingerprint density at radius 3 is 2.30 bits per heavy atom. The molecule has 0 bridgehead atoms. The van der Waals surface area contributed by atoms with E-state index in [9.17, 15) is 23.1 Å². The highest BCUT2D eigenvalue weighted by Gasteiger charge is 2.55. The maximum absolute atomic E-state index is 12.5. The highest BCUT2D eigenvalue weighted by molar-refractivity contribution is 7.93. The molecule has 112 valence electrons. The first-order valence-corrected chi connectivity index (χ1v) is 6.45. The summed E-state index contributed by atoms with van der Waals surface area (Å²) in [6, 6.07) is 2.40. The number of anilines is 1. The van der Waals surface area contributed by atoms with Crippen LogP contribution in [0, 0.1) is 0 Å². The van der Waals surface area contributed by atoms with Crippen molar-refractivity contribution in [1.29, 1.82) is 0 Å². The number of hydrogen-bond acceptors (Lipinski definition) is 4. The van der Waals surface area contributed by atoms with Gasteiger partial charge < -0.3 is 15.0 Å². The summed E-state index contributed by atoms with van der Waals surface area (Å²) in [4.78, 5) is 11.6. The average molecular weight is 350 g/mol. The first-order valence-electron chi connectivity index (χ1n) is 4.92. The smallest absolute Gasteiger partial charge is 0.373 e. The third-order valence-electron chi connectivity index (χ3n) is 2.39. The molecule has 0 aromatic heterocycles. The largest absolute Gasteiger partial charge is 0.426 e. The van der Waals surface area contributed by atoms with E-state index in [-0.39, 0.29) is 32.7 Å². The maximum Gasteiger partial charge on any atom is 0.426 e. The third-order valence-corrected chi connectivity index (χ3v) is 3.92. The van der Waals surface area contributed by atoms with Gasteiger partial charge in [-0.05, 0) is 19.1 Å². The number of alkyl halides is 3. The Bertz CT molecular complexity index is 537. The molecule has 1 aromatic rings. The summed E-state index contributed by atoms with van der Waals surface area (Å²) < 4.78 is 46.3. The molecule has 0 heterocycles. The lowest BCUT2D eigenvalue weighted by Crippen LogP contribution is -2.52. The van der Waals surface area contributed by atoms with E-state index in [4.69, 9.17) is 27.8 Å². The lowest BCUT2D eigenvalue weighted by atomic mass is 10.1. The van der Waals surface area contributed by atoms with Crippen LogP contribution in [0.1, 0.15) is 6.92 Å². The van der Waals surface area contributed by atoms with E-state index in [1.54, 1.807) is 0 Å². The number of carbonyl (C=O) groups is 1. The van der Waals surface area contributed by atoms with Gasteiger partial charge in [0.05, 0.1) is 20.6 Å². The zero-order chi connectivity index (χ0) is 15.7. The van der Waals surface area contributed by atoms with Crippen LogP contribution in [-0.2, 0) is 4.79 Å². The van der Waals surface area contributed by atoms with Crippen LogP contribution in [0.3, 0.4) is 0 Å². The Hall–Kier alpha value is -0.670. The standard InChI is InChI=1S/C10H8Cl2F3NO3S/c1-9(18,10(13,14)15)8(17)16-4-2-3-5(20-19)7(12)6(4)11/h2-3,18-19H,1H3,(H,16,17). The number of benzene rings is 1. The second kappa shape index (κ2) is 5.98. The van der Waals surface area contributed by atoms with Gasteiger partial charge in [0, 0.05) is 12.0 Å². The quantitative estimate of drug-likeness (QED) is 0.725. The van der Waals surface area contributed by atoms with E-state index in [1.807, 2.05) is 5.32 Å². The van der Waals surface area contributed by atoms with Crippen LogP contribution in [0.4, 0.5) is 18.9 Å². The van der Waals surface area contributed by atoms with Crippen LogP contribution in [-0.4, -0.2) is 27.3 Å². The fourth-order valence-corrected chi connectivity index (χ4v) is 1.92. The SMILES string of the molecule is CC(O)(C(=O)Nc1ccc(SO)c(Cl)c1Cl)C(F)(F)F. The van der Waals surface area contributed by atoms with Crippen LogP contribution in [0.2, 0.25) is 10.0 Å². The van der Waals surface area contributed by atoms with Gasteiger partial charge in [0.1, 0.15) is 0 Å². The van der Waals surface area contributed by atoms with Gasteiger partial charge in [-0.1, -0.05) is 23.2 Å². The highest BCUT2D eigenvalue weighted by Crippen LogP contribution is 2.38. The number of hydrogen-bond donors (Lipinski definition) is 3. The van der Waals surface area contributed by atoms with E-state index >= 15 is 0 Å². The van der Waals surface area contributed by atoms with Gasteiger partial charge in [-0.15, -0.1) is 0 Å². The van der Waals surface area contributed by atoms with Crippen molar-refractivity contribution < 1.29 is 27.6 Å². The van der Waals surface area contributed by atoms with Gasteiger partial charge in [0.25, 0.3) is 5.91 Å². The van der Waals surface area contributed by atoms with Crippen molar-refractivity contribution in [1.82, 2.24) is 0 Å². The molecule has 10 heteroatoms. The van der Waals surface area contributed by atoms with Crippen molar-refractivity contribution >= 4 is 46.8 Å². The minimum atomic E-state index is -5.14. The summed E-state index contributed by atoms with van der Waals surface area (Å²) >= 11 is 11.8. The number of carbonyl (C=O) groups excluding carboxylic acids is 1. The molecule has 0 spiro atoms. The summed E-state index contributed by atoms with van der Waals surface area (Å²) in [5.41, 5.74) is -3.79. The van der Waals surface area contributed by atoms with E-state index < -0.39 is 17.7 Å². The van der Waals surface area contributed by atoms with Crippen LogP contribution < -0.4 is 5.32 Å². The van der Waals surface area contributed by atoms with Crippen LogP contribution in [0.15, 0.2) is 17.0 Å². The molecule has 1 amide bonds. The first-order chi connectivity index (χ1) is 9.02. The molecule has 20 heavy (non-hydrogen) atoms. The molecular weight excluding hydrogens is 342 g/mol. The zero-order valence-electron chi connectivity index (χ0n) is 9.76. The van der Waals surface area contributed by atoms with Crippen molar-refractivity contribution in [2.24, 2.45) is 0 Å². The van der Waals surface area contributed by atoms with Gasteiger partial charge in [-0.3, -0.25) is 4.79 Å². The van der Waals surface area contributed by atoms with Crippen LogP contribution in [0.5, 0.6) is 0 Å². The Morgan fingerprint density at radius 2 is 1.85 bits per heavy atom. The minimum absolute atomic E-state index is 0.136. The summed E-state index contributed by atoms with van der Waals surface area (Å²) in [5.74, 6) is -1.70. The second-order valence-electron chi connectivity index (χ2n) is 3.85. The Labute approximate surface area is 126 Å². The molecule has 0 saturated heterocycles. The first kappa shape index (κ1) is 17.4. The molecule has 0 aliphatic rings. The molecule has 1 aromatic carbocycles. The van der Waals surface area contributed by atoms with E-state index in [0.717, 1.165) is 6.07 Å². The lowest BCUT2D eigenvalue weighted by molar-refractivity contribution is -0.242. The second-order valence-corrected chi connectivity index (χ2v) is 5.23. The van der Waals surface area contributed by atoms with Crippen molar-refractivity contribution in [3.05, 3.63) is 22.2 Å². The normalized spacial score (nSPS) is 14.8. The fraction of sp³-hybridized carbons (Fsp3) is 0.300. The number of nitrogens with one attached hydrogen (secondary N) is 1. The summed E-state index contributed by atoms with van der Waals surface area (Å²) in [5, 5.41) is 10.6. The Morgan fingerprint density at radius 1 is 1.30 bits per heavy atom. The van der Waals surface area contributed by atoms with Gasteiger partial charge in [-0.2, -0.15) is 13.2 Å². The molecule has 0 fully saturated rings. The molecule has 0 aliphatic carbocycles. The summed E-state index contributed by atoms with van der Waals surface area (Å²) in [7, 11) is 0. The van der Waals surface area contributed by atoms with E-state index in [0.29, 0.717) is 6.92 Å². The third kappa shape index (κ3) is 3.32. The Balaban J connectivity index is 3.07. The summed E-state index contributed by atoms with van der Waals surface area (Å²) in [6.45, 7) is 0.315. The van der Waals surface area contributed by atoms with Gasteiger partial charge in [-0.25, -0.2) is 0 Å². The maximum atomic E-state index is 12.5. The van der Waals surface area contributed by atoms with Crippen molar-refractivity contribution in [2.45, 2.75) is 23.6 Å². The average Bonchev–Trinajstić information content (AvgIpc) is 2.33. The fourth-order valence-electron chi connectivity index (χ4n) is 1.07. The van der Waals surface area contributed by atoms with Crippen LogP contribution in [0.25, 0.3) is 0 Å². The zero-order valence-corrected chi connectivity index (χ0v) is 12.1. The Kier molecular flexibility index (Phi) is 5.20. The molecule has 0 saturated carbocycles. The molecule has 3 N–H and O–H groups in total. The van der Waals surface area contributed by atoms with Crippen molar-refractivity contribution in [2.75, 3.05) is 5.32 Å². The van der Waals surface area contributed by atoms with E-state index in [1.165, 1.54) is 6.07 Å². The number of amides is 1. The lowest BCUT2D eigenvalue weighted by Gasteiger charge is -2.25. The van der Waals surface area contributed by atoms with Gasteiger partial charge in [0.15, 0.2) is 0 Å². The molecule has 1 unspecified atom stereocenters.